The molecule has 0 fully saturated rings. The highest BCUT2D eigenvalue weighted by molar-refractivity contribution is 6.25. The summed E-state index contributed by atoms with van der Waals surface area (Å²) in [6.07, 6.45) is 0.724. The molecule has 1 atom stereocenters. The zero-order valence-electron chi connectivity index (χ0n) is 16.0. The van der Waals surface area contributed by atoms with E-state index in [4.69, 9.17) is 9.47 Å². The van der Waals surface area contributed by atoms with Crippen LogP contribution in [0.1, 0.15) is 30.6 Å². The Balaban J connectivity index is 1.58. The van der Waals surface area contributed by atoms with Crippen LogP contribution in [0.5, 0.6) is 0 Å². The number of hydrogen-bond donors (Lipinski definition) is 0. The van der Waals surface area contributed by atoms with Gasteiger partial charge in [-0.1, -0.05) is 62.4 Å². The van der Waals surface area contributed by atoms with Crippen molar-refractivity contribution in [3.63, 3.8) is 0 Å². The predicted molar refractivity (Wildman–Crippen MR) is 111 cm³/mol. The van der Waals surface area contributed by atoms with Crippen LogP contribution in [0.3, 0.4) is 0 Å². The Morgan fingerprint density at radius 1 is 0.821 bits per heavy atom. The third kappa shape index (κ3) is 3.15. The summed E-state index contributed by atoms with van der Waals surface area (Å²) in [5, 5.41) is 6.51. The minimum atomic E-state index is -0.405. The van der Waals surface area contributed by atoms with Crippen LogP contribution in [0.15, 0.2) is 54.6 Å². The molecule has 0 saturated carbocycles. The van der Waals surface area contributed by atoms with Gasteiger partial charge in [0.1, 0.15) is 13.2 Å². The van der Waals surface area contributed by atoms with E-state index in [9.17, 15) is 9.59 Å². The molecule has 0 aliphatic rings. The van der Waals surface area contributed by atoms with Crippen LogP contribution in [0.4, 0.5) is 0 Å². The van der Waals surface area contributed by atoms with Gasteiger partial charge in [0, 0.05) is 0 Å². The molecule has 0 heterocycles. The minimum absolute atomic E-state index is 0.0446. The van der Waals surface area contributed by atoms with Crippen LogP contribution in [0, 0.1) is 5.92 Å². The standard InChI is InChI=1S/C24H22O4/c1-3-15(2)23(25)27-13-14-28-24(26)20-12-10-18-8-7-16-5-4-6-17-9-11-19(20)22(18)21(16)17/h4-12,15H,3,13-14H2,1-2H3. The largest absolute Gasteiger partial charge is 0.462 e. The molecule has 0 aliphatic heterocycles. The fraction of sp³-hybridized carbons (Fsp3) is 0.250. The molecule has 0 spiro atoms. The van der Waals surface area contributed by atoms with Crippen LogP contribution in [-0.2, 0) is 14.3 Å². The first-order valence-corrected chi connectivity index (χ1v) is 9.60. The maximum absolute atomic E-state index is 12.7. The quantitative estimate of drug-likeness (QED) is 0.260. The molecule has 4 heteroatoms. The normalized spacial score (nSPS) is 12.5. The summed E-state index contributed by atoms with van der Waals surface area (Å²) in [7, 11) is 0. The maximum Gasteiger partial charge on any atom is 0.338 e. The number of rotatable bonds is 6. The molecule has 1 unspecified atom stereocenters. The van der Waals surface area contributed by atoms with Gasteiger partial charge >= 0.3 is 11.9 Å². The molecule has 0 saturated heterocycles. The summed E-state index contributed by atoms with van der Waals surface area (Å²) >= 11 is 0. The van der Waals surface area contributed by atoms with Gasteiger partial charge < -0.3 is 9.47 Å². The van der Waals surface area contributed by atoms with Gasteiger partial charge in [0.2, 0.25) is 0 Å². The predicted octanol–water partition coefficient (Wildman–Crippen LogP) is 5.33. The Bertz CT molecular complexity index is 1150. The van der Waals surface area contributed by atoms with Gasteiger partial charge in [-0.05, 0) is 44.8 Å². The van der Waals surface area contributed by atoms with Crippen LogP contribution >= 0.6 is 0 Å². The van der Waals surface area contributed by atoms with Crippen molar-refractivity contribution in [2.75, 3.05) is 13.2 Å². The molecule has 4 aromatic rings. The molecular formula is C24H22O4. The van der Waals surface area contributed by atoms with Crippen molar-refractivity contribution in [3.8, 4) is 0 Å². The zero-order chi connectivity index (χ0) is 19.7. The van der Waals surface area contributed by atoms with Crippen LogP contribution < -0.4 is 0 Å². The monoisotopic (exact) mass is 374 g/mol. The van der Waals surface area contributed by atoms with Gasteiger partial charge in [-0.3, -0.25) is 4.79 Å². The highest BCUT2D eigenvalue weighted by Crippen LogP contribution is 2.36. The Morgan fingerprint density at radius 3 is 2.14 bits per heavy atom. The second-order valence-electron chi connectivity index (χ2n) is 7.08. The summed E-state index contributed by atoms with van der Waals surface area (Å²) in [6.45, 7) is 3.86. The Hall–Kier alpha value is -3.14. The fourth-order valence-electron chi connectivity index (χ4n) is 3.58. The molecule has 0 N–H and O–H groups in total. The molecule has 142 valence electrons. The summed E-state index contributed by atoms with van der Waals surface area (Å²) in [5.41, 5.74) is 0.527. The van der Waals surface area contributed by atoms with Gasteiger partial charge in [-0.15, -0.1) is 0 Å². The number of carbonyl (C=O) groups excluding carboxylic acids is 2. The number of ether oxygens (including phenoxy) is 2. The third-order valence-corrected chi connectivity index (χ3v) is 5.32. The fourth-order valence-corrected chi connectivity index (χ4v) is 3.58. The second kappa shape index (κ2) is 7.47. The van der Waals surface area contributed by atoms with Gasteiger partial charge in [-0.2, -0.15) is 0 Å². The Labute approximate surface area is 163 Å². The molecule has 0 radical (unpaired) electrons. The van der Waals surface area contributed by atoms with E-state index in [-0.39, 0.29) is 25.1 Å². The Morgan fingerprint density at radius 2 is 1.43 bits per heavy atom. The molecular weight excluding hydrogens is 352 g/mol. The molecule has 4 nitrogen and oxygen atoms in total. The summed E-state index contributed by atoms with van der Waals surface area (Å²) < 4.78 is 10.5. The highest BCUT2D eigenvalue weighted by Gasteiger charge is 2.16. The maximum atomic E-state index is 12.7. The van der Waals surface area contributed by atoms with Crippen molar-refractivity contribution in [2.24, 2.45) is 5.92 Å². The van der Waals surface area contributed by atoms with Crippen LogP contribution in [0.2, 0.25) is 0 Å². The van der Waals surface area contributed by atoms with E-state index >= 15 is 0 Å². The van der Waals surface area contributed by atoms with Crippen molar-refractivity contribution in [1.82, 2.24) is 0 Å². The van der Waals surface area contributed by atoms with E-state index in [1.807, 2.05) is 38.1 Å². The summed E-state index contributed by atoms with van der Waals surface area (Å²) in [5.74, 6) is -0.813. The molecule has 0 aliphatic carbocycles. The first-order chi connectivity index (χ1) is 13.6. The number of benzene rings is 4. The highest BCUT2D eigenvalue weighted by atomic mass is 16.6. The van der Waals surface area contributed by atoms with E-state index < -0.39 is 5.97 Å². The van der Waals surface area contributed by atoms with E-state index in [0.29, 0.717) is 5.56 Å². The topological polar surface area (TPSA) is 52.6 Å². The number of hydrogen-bond acceptors (Lipinski definition) is 4. The van der Waals surface area contributed by atoms with Crippen molar-refractivity contribution in [2.45, 2.75) is 20.3 Å². The summed E-state index contributed by atoms with van der Waals surface area (Å²) in [4.78, 5) is 24.4. The van der Waals surface area contributed by atoms with Crippen molar-refractivity contribution in [3.05, 3.63) is 60.2 Å². The molecule has 28 heavy (non-hydrogen) atoms. The molecule has 4 rings (SSSR count). The van der Waals surface area contributed by atoms with Crippen molar-refractivity contribution >= 4 is 44.3 Å². The van der Waals surface area contributed by atoms with Crippen LogP contribution in [-0.4, -0.2) is 25.2 Å². The van der Waals surface area contributed by atoms with Crippen molar-refractivity contribution in [1.29, 1.82) is 0 Å². The van der Waals surface area contributed by atoms with E-state index in [1.54, 1.807) is 6.07 Å². The average molecular weight is 374 g/mol. The smallest absolute Gasteiger partial charge is 0.338 e. The lowest BCUT2D eigenvalue weighted by atomic mass is 9.92. The SMILES string of the molecule is CCC(C)C(=O)OCCOC(=O)c1ccc2ccc3cccc4ccc1c2c34. The lowest BCUT2D eigenvalue weighted by Crippen LogP contribution is -2.18. The van der Waals surface area contributed by atoms with Gasteiger partial charge in [-0.25, -0.2) is 4.79 Å². The van der Waals surface area contributed by atoms with Crippen molar-refractivity contribution < 1.29 is 19.1 Å². The Kier molecular flexibility index (Phi) is 4.86. The lowest BCUT2D eigenvalue weighted by molar-refractivity contribution is -0.149. The van der Waals surface area contributed by atoms with Crippen LogP contribution in [0.25, 0.3) is 32.3 Å². The number of carbonyl (C=O) groups is 2. The second-order valence-corrected chi connectivity index (χ2v) is 7.08. The molecule has 4 aromatic carbocycles. The lowest BCUT2D eigenvalue weighted by Gasteiger charge is -2.14. The molecule has 0 aromatic heterocycles. The minimum Gasteiger partial charge on any atom is -0.462 e. The van der Waals surface area contributed by atoms with E-state index in [2.05, 4.69) is 24.3 Å². The summed E-state index contributed by atoms with van der Waals surface area (Å²) in [6, 6.07) is 18.1. The first kappa shape index (κ1) is 18.2. The first-order valence-electron chi connectivity index (χ1n) is 9.60. The van der Waals surface area contributed by atoms with E-state index in [1.165, 1.54) is 0 Å². The van der Waals surface area contributed by atoms with Gasteiger partial charge in [0.15, 0.2) is 0 Å². The molecule has 0 bridgehead atoms. The van der Waals surface area contributed by atoms with E-state index in [0.717, 1.165) is 38.7 Å². The molecule has 0 amide bonds. The zero-order valence-corrected chi connectivity index (χ0v) is 16.0. The van der Waals surface area contributed by atoms with Gasteiger partial charge in [0.05, 0.1) is 11.5 Å². The number of esters is 2. The average Bonchev–Trinajstić information content (AvgIpc) is 2.74. The third-order valence-electron chi connectivity index (χ3n) is 5.32. The van der Waals surface area contributed by atoms with Gasteiger partial charge in [0.25, 0.3) is 0 Å².